The standard InChI is InChI=1S/C17H19N5/c1-21-6-8-22(9-7-21)17-11-14(4-5-18-17)13-2-3-15-16(10-13)20-12-19-15/h2-5,10-12H,6-9H2,1H3,(H,19,20). The number of aromatic nitrogens is 3. The molecule has 0 radical (unpaired) electrons. The van der Waals surface area contributed by atoms with Crippen LogP contribution >= 0.6 is 0 Å². The molecule has 112 valence electrons. The fourth-order valence-corrected chi connectivity index (χ4v) is 2.92. The molecule has 1 aromatic carbocycles. The van der Waals surface area contributed by atoms with E-state index in [1.807, 2.05) is 6.20 Å². The zero-order valence-corrected chi connectivity index (χ0v) is 12.7. The van der Waals surface area contributed by atoms with Crippen LogP contribution in [0.5, 0.6) is 0 Å². The first-order valence-corrected chi connectivity index (χ1v) is 7.63. The summed E-state index contributed by atoms with van der Waals surface area (Å²) in [7, 11) is 2.17. The van der Waals surface area contributed by atoms with E-state index in [1.165, 1.54) is 11.1 Å². The Morgan fingerprint density at radius 2 is 1.77 bits per heavy atom. The van der Waals surface area contributed by atoms with Gasteiger partial charge in [0.15, 0.2) is 0 Å². The van der Waals surface area contributed by atoms with Gasteiger partial charge in [-0.25, -0.2) is 9.97 Å². The van der Waals surface area contributed by atoms with Crippen LogP contribution in [0.4, 0.5) is 5.82 Å². The summed E-state index contributed by atoms with van der Waals surface area (Å²) < 4.78 is 0. The molecule has 0 aliphatic carbocycles. The lowest BCUT2D eigenvalue weighted by atomic mass is 10.1. The van der Waals surface area contributed by atoms with Crippen LogP contribution in [0.15, 0.2) is 42.9 Å². The van der Waals surface area contributed by atoms with Gasteiger partial charge in [-0.1, -0.05) is 6.07 Å². The molecule has 3 aromatic rings. The summed E-state index contributed by atoms with van der Waals surface area (Å²) in [5.74, 6) is 1.07. The molecular formula is C17H19N5. The van der Waals surface area contributed by atoms with Crippen molar-refractivity contribution in [3.05, 3.63) is 42.9 Å². The van der Waals surface area contributed by atoms with E-state index in [9.17, 15) is 0 Å². The van der Waals surface area contributed by atoms with Crippen molar-refractivity contribution >= 4 is 16.9 Å². The number of hydrogen-bond acceptors (Lipinski definition) is 4. The quantitative estimate of drug-likeness (QED) is 0.788. The number of imidazole rings is 1. The molecule has 0 saturated carbocycles. The lowest BCUT2D eigenvalue weighted by Gasteiger charge is -2.33. The Morgan fingerprint density at radius 1 is 0.955 bits per heavy atom. The number of fused-ring (bicyclic) bond motifs is 1. The van der Waals surface area contributed by atoms with E-state index in [-0.39, 0.29) is 0 Å². The first-order chi connectivity index (χ1) is 10.8. The number of piperazine rings is 1. The van der Waals surface area contributed by atoms with Gasteiger partial charge in [-0.15, -0.1) is 0 Å². The normalized spacial score (nSPS) is 16.3. The molecular weight excluding hydrogens is 274 g/mol. The van der Waals surface area contributed by atoms with Crippen LogP contribution in [-0.2, 0) is 0 Å². The van der Waals surface area contributed by atoms with Crippen LogP contribution in [0.2, 0.25) is 0 Å². The van der Waals surface area contributed by atoms with Crippen molar-refractivity contribution in [2.24, 2.45) is 0 Å². The van der Waals surface area contributed by atoms with Gasteiger partial charge in [-0.3, -0.25) is 0 Å². The highest BCUT2D eigenvalue weighted by Crippen LogP contribution is 2.25. The third kappa shape index (κ3) is 2.44. The number of nitrogens with one attached hydrogen (secondary N) is 1. The number of likely N-dealkylation sites (N-methyl/N-ethyl adjacent to an activating group) is 1. The second-order valence-corrected chi connectivity index (χ2v) is 5.83. The van der Waals surface area contributed by atoms with Gasteiger partial charge in [0.25, 0.3) is 0 Å². The number of anilines is 1. The summed E-state index contributed by atoms with van der Waals surface area (Å²) >= 11 is 0. The molecule has 0 bridgehead atoms. The smallest absolute Gasteiger partial charge is 0.129 e. The van der Waals surface area contributed by atoms with E-state index in [0.29, 0.717) is 0 Å². The number of nitrogens with zero attached hydrogens (tertiary/aromatic N) is 4. The van der Waals surface area contributed by atoms with E-state index in [2.05, 4.69) is 62.1 Å². The molecule has 1 aliphatic rings. The van der Waals surface area contributed by atoms with Crippen molar-refractivity contribution < 1.29 is 0 Å². The summed E-state index contributed by atoms with van der Waals surface area (Å²) in [4.78, 5) is 16.7. The van der Waals surface area contributed by atoms with Crippen LogP contribution in [0.3, 0.4) is 0 Å². The number of benzene rings is 1. The second-order valence-electron chi connectivity index (χ2n) is 5.83. The Kier molecular flexibility index (Phi) is 3.27. The Hall–Kier alpha value is -2.40. The molecule has 0 spiro atoms. The number of hydrogen-bond donors (Lipinski definition) is 1. The first-order valence-electron chi connectivity index (χ1n) is 7.63. The Morgan fingerprint density at radius 3 is 2.64 bits per heavy atom. The fourth-order valence-electron chi connectivity index (χ4n) is 2.92. The minimum Gasteiger partial charge on any atom is -0.354 e. The molecule has 0 atom stereocenters. The van der Waals surface area contributed by atoms with Crippen LogP contribution in [0.1, 0.15) is 0 Å². The molecule has 22 heavy (non-hydrogen) atoms. The third-order valence-electron chi connectivity index (χ3n) is 4.33. The van der Waals surface area contributed by atoms with Gasteiger partial charge in [-0.2, -0.15) is 0 Å². The molecule has 5 nitrogen and oxygen atoms in total. The summed E-state index contributed by atoms with van der Waals surface area (Å²) in [6, 6.07) is 10.6. The van der Waals surface area contributed by atoms with Crippen molar-refractivity contribution in [1.29, 1.82) is 0 Å². The Balaban J connectivity index is 1.66. The molecule has 0 unspecified atom stereocenters. The van der Waals surface area contributed by atoms with E-state index in [4.69, 9.17) is 0 Å². The minimum absolute atomic E-state index is 0.997. The average molecular weight is 293 g/mol. The molecule has 0 amide bonds. The highest BCUT2D eigenvalue weighted by Gasteiger charge is 2.15. The first kappa shape index (κ1) is 13.3. The Labute approximate surface area is 129 Å². The molecule has 2 aromatic heterocycles. The molecule has 1 saturated heterocycles. The zero-order chi connectivity index (χ0) is 14.9. The highest BCUT2D eigenvalue weighted by atomic mass is 15.3. The van der Waals surface area contributed by atoms with Crippen molar-refractivity contribution in [1.82, 2.24) is 19.9 Å². The summed E-state index contributed by atoms with van der Waals surface area (Å²) in [5, 5.41) is 0. The summed E-state index contributed by atoms with van der Waals surface area (Å²) in [6.45, 7) is 4.25. The fraction of sp³-hybridized carbons (Fsp3) is 0.294. The lowest BCUT2D eigenvalue weighted by Crippen LogP contribution is -2.44. The monoisotopic (exact) mass is 293 g/mol. The highest BCUT2D eigenvalue weighted by molar-refractivity contribution is 5.81. The molecule has 1 aliphatic heterocycles. The van der Waals surface area contributed by atoms with Crippen molar-refractivity contribution in [2.45, 2.75) is 0 Å². The van der Waals surface area contributed by atoms with Crippen molar-refractivity contribution in [3.8, 4) is 11.1 Å². The third-order valence-corrected chi connectivity index (χ3v) is 4.33. The maximum atomic E-state index is 4.55. The predicted molar refractivity (Wildman–Crippen MR) is 89.0 cm³/mol. The molecule has 4 rings (SSSR count). The largest absolute Gasteiger partial charge is 0.354 e. The van der Waals surface area contributed by atoms with Crippen LogP contribution in [0, 0.1) is 0 Å². The van der Waals surface area contributed by atoms with E-state index in [1.54, 1.807) is 6.33 Å². The van der Waals surface area contributed by atoms with Crippen LogP contribution in [0.25, 0.3) is 22.2 Å². The number of pyridine rings is 1. The van der Waals surface area contributed by atoms with Gasteiger partial charge in [-0.05, 0) is 42.4 Å². The van der Waals surface area contributed by atoms with Gasteiger partial charge in [0, 0.05) is 32.4 Å². The second kappa shape index (κ2) is 5.42. The van der Waals surface area contributed by atoms with Crippen LogP contribution in [-0.4, -0.2) is 53.1 Å². The topological polar surface area (TPSA) is 48.0 Å². The number of H-pyrrole nitrogens is 1. The molecule has 1 N–H and O–H groups in total. The van der Waals surface area contributed by atoms with Gasteiger partial charge in [0.1, 0.15) is 5.82 Å². The summed E-state index contributed by atoms with van der Waals surface area (Å²) in [5.41, 5.74) is 4.45. The van der Waals surface area contributed by atoms with Gasteiger partial charge in [0.05, 0.1) is 17.4 Å². The lowest BCUT2D eigenvalue weighted by molar-refractivity contribution is 0.312. The average Bonchev–Trinajstić information content (AvgIpc) is 3.03. The van der Waals surface area contributed by atoms with E-state index >= 15 is 0 Å². The van der Waals surface area contributed by atoms with Crippen molar-refractivity contribution in [3.63, 3.8) is 0 Å². The van der Waals surface area contributed by atoms with Crippen LogP contribution < -0.4 is 4.90 Å². The SMILES string of the molecule is CN1CCN(c2cc(-c3ccc4nc[nH]c4c3)ccn2)CC1. The molecule has 5 heteroatoms. The van der Waals surface area contributed by atoms with Crippen molar-refractivity contribution in [2.75, 3.05) is 38.1 Å². The summed E-state index contributed by atoms with van der Waals surface area (Å²) in [6.07, 6.45) is 3.64. The van der Waals surface area contributed by atoms with E-state index in [0.717, 1.165) is 43.0 Å². The maximum Gasteiger partial charge on any atom is 0.129 e. The van der Waals surface area contributed by atoms with Gasteiger partial charge < -0.3 is 14.8 Å². The van der Waals surface area contributed by atoms with Gasteiger partial charge >= 0.3 is 0 Å². The number of aromatic amines is 1. The zero-order valence-electron chi connectivity index (χ0n) is 12.7. The predicted octanol–water partition coefficient (Wildman–Crippen LogP) is 2.38. The Bertz CT molecular complexity index is 786. The molecule has 1 fully saturated rings. The van der Waals surface area contributed by atoms with Gasteiger partial charge in [0.2, 0.25) is 0 Å². The molecule has 3 heterocycles. The number of rotatable bonds is 2. The minimum atomic E-state index is 0.997. The maximum absolute atomic E-state index is 4.55. The van der Waals surface area contributed by atoms with E-state index < -0.39 is 0 Å².